The molecule has 160 valence electrons. The summed E-state index contributed by atoms with van der Waals surface area (Å²) in [6.45, 7) is 0. The fraction of sp³-hybridized carbons (Fsp3) is 0.0833. The second-order valence-corrected chi connectivity index (χ2v) is 6.84. The van der Waals surface area contributed by atoms with Crippen molar-refractivity contribution >= 4 is 28.9 Å². The number of fused-ring (bicyclic) bond motifs is 1. The van der Waals surface area contributed by atoms with Crippen LogP contribution in [0.25, 0.3) is 22.0 Å². The van der Waals surface area contributed by atoms with Gasteiger partial charge >= 0.3 is 5.97 Å². The molecule has 0 fully saturated rings. The molecule has 4 aromatic rings. The molecule has 32 heavy (non-hydrogen) atoms. The summed E-state index contributed by atoms with van der Waals surface area (Å²) in [5.41, 5.74) is 5.26. The lowest BCUT2D eigenvalue weighted by Gasteiger charge is -2.09. The van der Waals surface area contributed by atoms with E-state index in [2.05, 4.69) is 25.5 Å². The number of hydrazone groups is 1. The van der Waals surface area contributed by atoms with Gasteiger partial charge in [-0.25, -0.2) is 10.2 Å². The minimum Gasteiger partial charge on any atom is -0.496 e. The van der Waals surface area contributed by atoms with Crippen molar-refractivity contribution in [1.82, 2.24) is 15.6 Å². The second kappa shape index (κ2) is 9.13. The van der Waals surface area contributed by atoms with Crippen LogP contribution < -0.4 is 10.2 Å². The van der Waals surface area contributed by atoms with Gasteiger partial charge in [0.2, 0.25) is 0 Å². The molecular formula is C24H20N4O4. The van der Waals surface area contributed by atoms with E-state index < -0.39 is 11.9 Å². The third-order valence-corrected chi connectivity index (χ3v) is 4.90. The van der Waals surface area contributed by atoms with Gasteiger partial charge in [-0.3, -0.25) is 9.89 Å². The van der Waals surface area contributed by atoms with Crippen LogP contribution in [0.2, 0.25) is 0 Å². The number of ether oxygens (including phenoxy) is 2. The number of carbonyl (C=O) groups is 2. The molecule has 0 saturated carbocycles. The molecule has 4 rings (SSSR count). The maximum Gasteiger partial charge on any atom is 0.337 e. The average molecular weight is 428 g/mol. The monoisotopic (exact) mass is 428 g/mol. The van der Waals surface area contributed by atoms with Gasteiger partial charge in [0, 0.05) is 0 Å². The van der Waals surface area contributed by atoms with Gasteiger partial charge in [-0.05, 0) is 40.6 Å². The number of carbonyl (C=O) groups excluding carboxylic acids is 2. The molecule has 0 radical (unpaired) electrons. The van der Waals surface area contributed by atoms with Gasteiger partial charge in [0.1, 0.15) is 11.4 Å². The fourth-order valence-electron chi connectivity index (χ4n) is 3.30. The number of nitrogens with one attached hydrogen (secondary N) is 2. The molecule has 3 aromatic carbocycles. The number of hydrogen-bond acceptors (Lipinski definition) is 6. The van der Waals surface area contributed by atoms with E-state index in [1.807, 2.05) is 36.4 Å². The van der Waals surface area contributed by atoms with Crippen molar-refractivity contribution in [3.05, 3.63) is 83.6 Å². The highest BCUT2D eigenvalue weighted by molar-refractivity contribution is 6.01. The molecule has 1 aromatic heterocycles. The number of methoxy groups -OCH3 is 2. The van der Waals surface area contributed by atoms with Crippen molar-refractivity contribution in [2.24, 2.45) is 5.10 Å². The summed E-state index contributed by atoms with van der Waals surface area (Å²) < 4.78 is 10.2. The first-order valence-electron chi connectivity index (χ1n) is 9.74. The molecule has 2 N–H and O–H groups in total. The van der Waals surface area contributed by atoms with Crippen LogP contribution in [-0.4, -0.2) is 42.5 Å². The molecule has 1 heterocycles. The van der Waals surface area contributed by atoms with Gasteiger partial charge in [0.25, 0.3) is 5.91 Å². The minimum atomic E-state index is -0.439. The largest absolute Gasteiger partial charge is 0.496 e. The van der Waals surface area contributed by atoms with Crippen molar-refractivity contribution in [3.63, 3.8) is 0 Å². The molecule has 8 heteroatoms. The first kappa shape index (κ1) is 20.8. The summed E-state index contributed by atoms with van der Waals surface area (Å²) >= 11 is 0. The van der Waals surface area contributed by atoms with E-state index in [0.29, 0.717) is 22.6 Å². The lowest BCUT2D eigenvalue weighted by Crippen LogP contribution is -2.18. The molecule has 0 aliphatic heterocycles. The lowest BCUT2D eigenvalue weighted by atomic mass is 10.0. The Morgan fingerprint density at radius 3 is 2.56 bits per heavy atom. The van der Waals surface area contributed by atoms with E-state index in [9.17, 15) is 9.59 Å². The van der Waals surface area contributed by atoms with E-state index in [4.69, 9.17) is 4.74 Å². The number of esters is 1. The Balaban J connectivity index is 1.51. The fourth-order valence-corrected chi connectivity index (χ4v) is 3.30. The Labute approximate surface area is 183 Å². The number of hydrogen-bond donors (Lipinski definition) is 2. The number of amides is 1. The van der Waals surface area contributed by atoms with Gasteiger partial charge < -0.3 is 9.47 Å². The van der Waals surface area contributed by atoms with E-state index >= 15 is 0 Å². The number of aromatic nitrogens is 2. The predicted octanol–water partition coefficient (Wildman–Crippen LogP) is 3.79. The van der Waals surface area contributed by atoms with Crippen molar-refractivity contribution in [1.29, 1.82) is 0 Å². The van der Waals surface area contributed by atoms with Gasteiger partial charge in [-0.1, -0.05) is 42.5 Å². The van der Waals surface area contributed by atoms with E-state index in [1.54, 1.807) is 37.4 Å². The summed E-state index contributed by atoms with van der Waals surface area (Å²) in [5.74, 6) is -0.194. The van der Waals surface area contributed by atoms with Crippen molar-refractivity contribution in [3.8, 4) is 17.0 Å². The lowest BCUT2D eigenvalue weighted by molar-refractivity contribution is 0.0600. The Morgan fingerprint density at radius 2 is 1.81 bits per heavy atom. The highest BCUT2D eigenvalue weighted by Gasteiger charge is 2.16. The SMILES string of the molecule is COC(=O)c1ccc(C=NNC(=O)c2cc(-c3c(OC)ccc4ccccc34)n[nH]2)cc1. The number of H-pyrrole nitrogens is 1. The number of benzene rings is 3. The van der Waals surface area contributed by atoms with E-state index in [-0.39, 0.29) is 5.69 Å². The van der Waals surface area contributed by atoms with E-state index in [1.165, 1.54) is 13.3 Å². The normalized spacial score (nSPS) is 10.9. The molecule has 0 spiro atoms. The van der Waals surface area contributed by atoms with Gasteiger partial charge in [0.15, 0.2) is 0 Å². The molecule has 0 aliphatic rings. The van der Waals surface area contributed by atoms with Crippen molar-refractivity contribution < 1.29 is 19.1 Å². The second-order valence-electron chi connectivity index (χ2n) is 6.84. The predicted molar refractivity (Wildman–Crippen MR) is 121 cm³/mol. The van der Waals surface area contributed by atoms with Crippen LogP contribution in [0.4, 0.5) is 0 Å². The first-order valence-corrected chi connectivity index (χ1v) is 9.74. The van der Waals surface area contributed by atoms with E-state index in [0.717, 1.165) is 16.3 Å². The highest BCUT2D eigenvalue weighted by Crippen LogP contribution is 2.36. The van der Waals surface area contributed by atoms with Crippen LogP contribution in [-0.2, 0) is 4.74 Å². The molecule has 0 saturated heterocycles. The number of aromatic amines is 1. The van der Waals surface area contributed by atoms with Crippen molar-refractivity contribution in [2.75, 3.05) is 14.2 Å². The summed E-state index contributed by atoms with van der Waals surface area (Å²) in [7, 11) is 2.92. The topological polar surface area (TPSA) is 106 Å². The minimum absolute atomic E-state index is 0.258. The van der Waals surface area contributed by atoms with Crippen LogP contribution in [0.15, 0.2) is 71.8 Å². The van der Waals surface area contributed by atoms with Crippen LogP contribution in [0.3, 0.4) is 0 Å². The Hall–Kier alpha value is -4.46. The standard InChI is InChI=1S/C24H20N4O4/c1-31-21-12-11-16-5-3-4-6-18(16)22(21)19-13-20(27-26-19)23(29)28-25-14-15-7-9-17(10-8-15)24(30)32-2/h3-14H,1-2H3,(H,26,27)(H,28,29). The summed E-state index contributed by atoms with van der Waals surface area (Å²) in [6, 6.07) is 20.0. The number of nitrogens with zero attached hydrogens (tertiary/aromatic N) is 2. The molecule has 1 amide bonds. The number of rotatable bonds is 6. The summed E-state index contributed by atoms with van der Waals surface area (Å²) in [4.78, 5) is 24.0. The summed E-state index contributed by atoms with van der Waals surface area (Å²) in [6.07, 6.45) is 1.48. The van der Waals surface area contributed by atoms with Gasteiger partial charge in [0.05, 0.1) is 37.3 Å². The molecule has 0 atom stereocenters. The maximum absolute atomic E-state index is 12.5. The molecule has 0 bridgehead atoms. The Bertz CT molecular complexity index is 1310. The van der Waals surface area contributed by atoms with Crippen LogP contribution in [0, 0.1) is 0 Å². The van der Waals surface area contributed by atoms with Gasteiger partial charge in [-0.15, -0.1) is 0 Å². The van der Waals surface area contributed by atoms with Gasteiger partial charge in [-0.2, -0.15) is 10.2 Å². The first-order chi connectivity index (χ1) is 15.6. The highest BCUT2D eigenvalue weighted by atomic mass is 16.5. The summed E-state index contributed by atoms with van der Waals surface area (Å²) in [5, 5.41) is 13.0. The van der Waals surface area contributed by atoms with Crippen LogP contribution >= 0.6 is 0 Å². The zero-order valence-corrected chi connectivity index (χ0v) is 17.5. The quantitative estimate of drug-likeness (QED) is 0.276. The zero-order chi connectivity index (χ0) is 22.5. The van der Waals surface area contributed by atoms with Crippen molar-refractivity contribution in [2.45, 2.75) is 0 Å². The smallest absolute Gasteiger partial charge is 0.337 e. The Kier molecular flexibility index (Phi) is 5.94. The molecule has 0 aliphatic carbocycles. The zero-order valence-electron chi connectivity index (χ0n) is 17.5. The molecular weight excluding hydrogens is 408 g/mol. The van der Waals surface area contributed by atoms with Crippen LogP contribution in [0.1, 0.15) is 26.4 Å². The average Bonchev–Trinajstić information content (AvgIpc) is 3.33. The third kappa shape index (κ3) is 4.20. The van der Waals surface area contributed by atoms with Crippen LogP contribution in [0.5, 0.6) is 5.75 Å². The third-order valence-electron chi connectivity index (χ3n) is 4.90. The maximum atomic E-state index is 12.5. The molecule has 8 nitrogen and oxygen atoms in total. The molecule has 0 unspecified atom stereocenters. The Morgan fingerprint density at radius 1 is 1.03 bits per heavy atom.